The lowest BCUT2D eigenvalue weighted by molar-refractivity contribution is 0.652. The van der Waals surface area contributed by atoms with Gasteiger partial charge < -0.3 is 5.32 Å². The largest absolute Gasteiger partial charge is 0.365 e. The maximum Gasteiger partial charge on any atom is 0.156 e. The first-order valence-electron chi connectivity index (χ1n) is 7.17. The van der Waals surface area contributed by atoms with E-state index in [9.17, 15) is 0 Å². The molecule has 0 bridgehead atoms. The van der Waals surface area contributed by atoms with Gasteiger partial charge in [-0.1, -0.05) is 64.1 Å². The number of thioether (sulfide) groups is 1. The molecule has 0 atom stereocenters. The number of hydrogen-bond acceptors (Lipinski definition) is 2. The van der Waals surface area contributed by atoms with Crippen LogP contribution in [-0.4, -0.2) is 24.5 Å². The van der Waals surface area contributed by atoms with Gasteiger partial charge in [0.25, 0.3) is 0 Å². The van der Waals surface area contributed by atoms with Gasteiger partial charge in [-0.05, 0) is 19.1 Å². The van der Waals surface area contributed by atoms with Crippen LogP contribution in [0.3, 0.4) is 0 Å². The number of rotatable bonds is 10. The van der Waals surface area contributed by atoms with E-state index in [1.54, 1.807) is 11.8 Å². The van der Waals surface area contributed by atoms with Gasteiger partial charge >= 0.3 is 0 Å². The van der Waals surface area contributed by atoms with Crippen molar-refractivity contribution in [3.8, 4) is 0 Å². The summed E-state index contributed by atoms with van der Waals surface area (Å²) in [5, 5.41) is 4.56. The molecule has 0 fully saturated rings. The van der Waals surface area contributed by atoms with E-state index in [1.807, 2.05) is 0 Å². The molecular weight excluding hydrogens is 228 g/mol. The Balaban J connectivity index is 3.49. The molecule has 0 radical (unpaired) electrons. The van der Waals surface area contributed by atoms with E-state index in [2.05, 4.69) is 30.4 Å². The van der Waals surface area contributed by atoms with Crippen LogP contribution in [0.1, 0.15) is 65.2 Å². The van der Waals surface area contributed by atoms with Crippen LogP contribution >= 0.6 is 11.8 Å². The van der Waals surface area contributed by atoms with Gasteiger partial charge in [0.1, 0.15) is 0 Å². The Kier molecular flexibility index (Phi) is 13.7. The molecule has 0 aliphatic heterocycles. The molecule has 17 heavy (non-hydrogen) atoms. The molecule has 0 rings (SSSR count). The first kappa shape index (κ1) is 16.8. The third-order valence-electron chi connectivity index (χ3n) is 2.77. The summed E-state index contributed by atoms with van der Waals surface area (Å²) in [5.41, 5.74) is 0. The summed E-state index contributed by atoms with van der Waals surface area (Å²) in [4.78, 5) is 4.60. The highest BCUT2D eigenvalue weighted by Crippen LogP contribution is 2.02. The average molecular weight is 258 g/mol. The van der Waals surface area contributed by atoms with Crippen molar-refractivity contribution < 1.29 is 0 Å². The van der Waals surface area contributed by atoms with Crippen LogP contribution in [0, 0.1) is 0 Å². The number of amidine groups is 1. The van der Waals surface area contributed by atoms with Crippen molar-refractivity contribution in [1.82, 2.24) is 5.32 Å². The lowest BCUT2D eigenvalue weighted by Gasteiger charge is -2.07. The first-order chi connectivity index (χ1) is 8.35. The molecule has 0 aromatic carbocycles. The van der Waals surface area contributed by atoms with Crippen molar-refractivity contribution in [3.05, 3.63) is 0 Å². The molecule has 0 aliphatic carbocycles. The lowest BCUT2D eigenvalue weighted by atomic mass is 10.2. The molecular formula is C14H30N2S. The normalized spacial score (nSPS) is 11.8. The molecule has 2 nitrogen and oxygen atoms in total. The minimum atomic E-state index is 0.984. The van der Waals surface area contributed by atoms with Gasteiger partial charge in [-0.15, -0.1) is 0 Å². The van der Waals surface area contributed by atoms with E-state index in [-0.39, 0.29) is 0 Å². The number of nitrogens with one attached hydrogen (secondary N) is 1. The van der Waals surface area contributed by atoms with Crippen LogP contribution < -0.4 is 5.32 Å². The van der Waals surface area contributed by atoms with E-state index < -0.39 is 0 Å². The minimum Gasteiger partial charge on any atom is -0.365 e. The summed E-state index contributed by atoms with van der Waals surface area (Å²) in [5.74, 6) is 0. The van der Waals surface area contributed by atoms with Crippen molar-refractivity contribution in [2.24, 2.45) is 4.99 Å². The fourth-order valence-electron chi connectivity index (χ4n) is 1.66. The second-order valence-electron chi connectivity index (χ2n) is 4.44. The fourth-order valence-corrected chi connectivity index (χ4v) is 2.13. The third-order valence-corrected chi connectivity index (χ3v) is 3.43. The molecule has 0 heterocycles. The standard InChI is InChI=1S/C14H30N2S/c1-4-6-8-10-12-15-14(17-3)16-13-11-9-7-5-2/h4-13H2,1-3H3,(H,15,16). The molecule has 102 valence electrons. The Morgan fingerprint density at radius 1 is 0.941 bits per heavy atom. The maximum atomic E-state index is 4.60. The summed E-state index contributed by atoms with van der Waals surface area (Å²) < 4.78 is 0. The number of nitrogens with zero attached hydrogens (tertiary/aromatic N) is 1. The predicted molar refractivity (Wildman–Crippen MR) is 82.1 cm³/mol. The van der Waals surface area contributed by atoms with E-state index in [0.717, 1.165) is 18.3 Å². The lowest BCUT2D eigenvalue weighted by Crippen LogP contribution is -2.21. The zero-order valence-electron chi connectivity index (χ0n) is 11.9. The van der Waals surface area contributed by atoms with Crippen LogP contribution in [0.2, 0.25) is 0 Å². The van der Waals surface area contributed by atoms with Gasteiger partial charge in [0.15, 0.2) is 5.17 Å². The Bertz CT molecular complexity index is 181. The quantitative estimate of drug-likeness (QED) is 0.355. The summed E-state index contributed by atoms with van der Waals surface area (Å²) in [6.45, 7) is 6.56. The second kappa shape index (κ2) is 13.9. The molecule has 0 aliphatic rings. The van der Waals surface area contributed by atoms with Crippen molar-refractivity contribution >= 4 is 16.9 Å². The summed E-state index contributed by atoms with van der Waals surface area (Å²) in [7, 11) is 0. The predicted octanol–water partition coefficient (Wildman–Crippen LogP) is 4.46. The SMILES string of the molecule is CCCCCCN=C(NCCCCCC)SC. The highest BCUT2D eigenvalue weighted by Gasteiger charge is 1.95. The Hall–Kier alpha value is -0.180. The fraction of sp³-hybridized carbons (Fsp3) is 0.929. The van der Waals surface area contributed by atoms with Gasteiger partial charge in [0.2, 0.25) is 0 Å². The average Bonchev–Trinajstić information content (AvgIpc) is 2.36. The molecule has 0 spiro atoms. The van der Waals surface area contributed by atoms with Gasteiger partial charge in [-0.3, -0.25) is 4.99 Å². The number of unbranched alkanes of at least 4 members (excludes halogenated alkanes) is 6. The van der Waals surface area contributed by atoms with E-state index >= 15 is 0 Å². The maximum absolute atomic E-state index is 4.60. The van der Waals surface area contributed by atoms with Gasteiger partial charge in [-0.25, -0.2) is 0 Å². The van der Waals surface area contributed by atoms with E-state index in [4.69, 9.17) is 0 Å². The molecule has 3 heteroatoms. The third kappa shape index (κ3) is 12.1. The summed E-state index contributed by atoms with van der Waals surface area (Å²) >= 11 is 1.74. The monoisotopic (exact) mass is 258 g/mol. The molecule has 0 unspecified atom stereocenters. The molecule has 0 amide bonds. The van der Waals surface area contributed by atoms with E-state index in [1.165, 1.54) is 51.4 Å². The zero-order chi connectivity index (χ0) is 12.8. The van der Waals surface area contributed by atoms with Crippen LogP contribution in [0.15, 0.2) is 4.99 Å². The van der Waals surface area contributed by atoms with Crippen LogP contribution in [0.5, 0.6) is 0 Å². The van der Waals surface area contributed by atoms with Crippen molar-refractivity contribution in [3.63, 3.8) is 0 Å². The first-order valence-corrected chi connectivity index (χ1v) is 8.39. The Morgan fingerprint density at radius 3 is 2.18 bits per heavy atom. The smallest absolute Gasteiger partial charge is 0.156 e. The summed E-state index contributed by atoms with van der Waals surface area (Å²) in [6.07, 6.45) is 12.6. The summed E-state index contributed by atoms with van der Waals surface area (Å²) in [6, 6.07) is 0. The molecule has 0 saturated heterocycles. The van der Waals surface area contributed by atoms with Crippen molar-refractivity contribution in [1.29, 1.82) is 0 Å². The second-order valence-corrected chi connectivity index (χ2v) is 5.23. The topological polar surface area (TPSA) is 24.4 Å². The van der Waals surface area contributed by atoms with Crippen molar-refractivity contribution in [2.75, 3.05) is 19.3 Å². The van der Waals surface area contributed by atoms with Gasteiger partial charge in [-0.2, -0.15) is 0 Å². The zero-order valence-corrected chi connectivity index (χ0v) is 12.7. The molecule has 0 aromatic rings. The minimum absolute atomic E-state index is 0.984. The Labute approximate surface area is 112 Å². The van der Waals surface area contributed by atoms with Crippen molar-refractivity contribution in [2.45, 2.75) is 65.2 Å². The van der Waals surface area contributed by atoms with Crippen LogP contribution in [-0.2, 0) is 0 Å². The number of aliphatic imine (C=N–C) groups is 1. The Morgan fingerprint density at radius 2 is 1.59 bits per heavy atom. The molecule has 0 saturated carbocycles. The molecule has 0 aromatic heterocycles. The van der Waals surface area contributed by atoms with Crippen LogP contribution in [0.4, 0.5) is 0 Å². The number of hydrogen-bond donors (Lipinski definition) is 1. The molecule has 1 N–H and O–H groups in total. The van der Waals surface area contributed by atoms with Crippen LogP contribution in [0.25, 0.3) is 0 Å². The van der Waals surface area contributed by atoms with Gasteiger partial charge in [0, 0.05) is 13.1 Å². The highest BCUT2D eigenvalue weighted by molar-refractivity contribution is 8.13. The van der Waals surface area contributed by atoms with Gasteiger partial charge in [0.05, 0.1) is 0 Å². The highest BCUT2D eigenvalue weighted by atomic mass is 32.2. The van der Waals surface area contributed by atoms with E-state index in [0.29, 0.717) is 0 Å².